The molecule has 156 valence electrons. The van der Waals surface area contributed by atoms with Crippen molar-refractivity contribution in [3.63, 3.8) is 0 Å². The van der Waals surface area contributed by atoms with Crippen LogP contribution in [0.25, 0.3) is 0 Å². The number of furan rings is 1. The molecule has 2 aliphatic rings. The van der Waals surface area contributed by atoms with Crippen LogP contribution in [0.2, 0.25) is 0 Å². The van der Waals surface area contributed by atoms with E-state index in [0.717, 1.165) is 57.4 Å². The molecule has 2 fully saturated rings. The molecule has 0 bridgehead atoms. The summed E-state index contributed by atoms with van der Waals surface area (Å²) in [6, 6.07) is 14.9. The number of aliphatic imine (C=N–C) groups is 1. The third kappa shape index (κ3) is 5.41. The molecular formula is C24H33N3O2. The first-order chi connectivity index (χ1) is 14.3. The fourth-order valence-electron chi connectivity index (χ4n) is 4.53. The molecule has 5 nitrogen and oxygen atoms in total. The first kappa shape index (κ1) is 20.0. The number of hydrogen-bond acceptors (Lipinski definition) is 3. The van der Waals surface area contributed by atoms with E-state index < -0.39 is 0 Å². The maximum atomic E-state index is 5.52. The smallest absolute Gasteiger partial charge is 0.191 e. The van der Waals surface area contributed by atoms with Crippen molar-refractivity contribution in [1.82, 2.24) is 10.6 Å². The van der Waals surface area contributed by atoms with Crippen molar-refractivity contribution in [2.24, 2.45) is 10.9 Å². The zero-order valence-corrected chi connectivity index (χ0v) is 17.2. The molecule has 1 aliphatic heterocycles. The summed E-state index contributed by atoms with van der Waals surface area (Å²) in [6.45, 7) is 4.26. The van der Waals surface area contributed by atoms with Gasteiger partial charge in [-0.15, -0.1) is 0 Å². The number of benzene rings is 1. The molecule has 1 aromatic heterocycles. The third-order valence-corrected chi connectivity index (χ3v) is 6.31. The van der Waals surface area contributed by atoms with Gasteiger partial charge in [0.1, 0.15) is 5.76 Å². The van der Waals surface area contributed by atoms with Crippen molar-refractivity contribution in [2.45, 2.75) is 43.9 Å². The van der Waals surface area contributed by atoms with Crippen molar-refractivity contribution in [3.8, 4) is 0 Å². The lowest BCUT2D eigenvalue weighted by Gasteiger charge is -2.28. The molecule has 1 unspecified atom stereocenters. The fourth-order valence-corrected chi connectivity index (χ4v) is 4.53. The van der Waals surface area contributed by atoms with E-state index in [1.54, 1.807) is 6.26 Å². The lowest BCUT2D eigenvalue weighted by atomic mass is 9.79. The van der Waals surface area contributed by atoms with Crippen molar-refractivity contribution >= 4 is 5.96 Å². The van der Waals surface area contributed by atoms with E-state index in [2.05, 4.69) is 41.0 Å². The first-order valence-corrected chi connectivity index (χ1v) is 11.0. The number of rotatable bonds is 8. The average molecular weight is 396 g/mol. The Kier molecular flexibility index (Phi) is 6.88. The zero-order valence-electron chi connectivity index (χ0n) is 17.2. The predicted octanol–water partition coefficient (Wildman–Crippen LogP) is 3.91. The Bertz CT molecular complexity index is 746. The second-order valence-corrected chi connectivity index (χ2v) is 8.38. The number of ether oxygens (including phenoxy) is 1. The van der Waals surface area contributed by atoms with Crippen molar-refractivity contribution in [2.75, 3.05) is 32.8 Å². The molecule has 1 atom stereocenters. The van der Waals surface area contributed by atoms with Crippen molar-refractivity contribution < 1.29 is 9.15 Å². The van der Waals surface area contributed by atoms with Crippen LogP contribution >= 0.6 is 0 Å². The van der Waals surface area contributed by atoms with Crippen molar-refractivity contribution in [3.05, 3.63) is 60.1 Å². The van der Waals surface area contributed by atoms with Gasteiger partial charge in [-0.25, -0.2) is 0 Å². The van der Waals surface area contributed by atoms with Gasteiger partial charge >= 0.3 is 0 Å². The highest BCUT2D eigenvalue weighted by Gasteiger charge is 2.35. The molecular weight excluding hydrogens is 362 g/mol. The van der Waals surface area contributed by atoms with Gasteiger partial charge in [0, 0.05) is 37.5 Å². The molecule has 1 aromatic carbocycles. The average Bonchev–Trinajstić information content (AvgIpc) is 3.54. The van der Waals surface area contributed by atoms with Crippen LogP contribution in [-0.2, 0) is 16.6 Å². The van der Waals surface area contributed by atoms with Gasteiger partial charge in [0.05, 0.1) is 19.4 Å². The minimum absolute atomic E-state index is 0.174. The maximum absolute atomic E-state index is 5.52. The Morgan fingerprint density at radius 2 is 1.93 bits per heavy atom. The summed E-state index contributed by atoms with van der Waals surface area (Å²) in [5.74, 6) is 2.48. The molecule has 5 heteroatoms. The summed E-state index contributed by atoms with van der Waals surface area (Å²) < 4.78 is 11.0. The summed E-state index contributed by atoms with van der Waals surface area (Å²) in [6.07, 6.45) is 8.72. The SMILES string of the molecule is c1ccc(C2(CN=C(NCCc3ccco3)NCC3CCOC3)CCCC2)cc1. The highest BCUT2D eigenvalue weighted by Crippen LogP contribution is 2.41. The van der Waals surface area contributed by atoms with E-state index in [-0.39, 0.29) is 5.41 Å². The fraction of sp³-hybridized carbons (Fsp3) is 0.542. The molecule has 0 radical (unpaired) electrons. The van der Waals surface area contributed by atoms with Crippen LogP contribution in [0.4, 0.5) is 0 Å². The topological polar surface area (TPSA) is 58.8 Å². The summed E-state index contributed by atoms with van der Waals surface area (Å²) in [7, 11) is 0. The predicted molar refractivity (Wildman–Crippen MR) is 116 cm³/mol. The van der Waals surface area contributed by atoms with E-state index in [9.17, 15) is 0 Å². The molecule has 2 heterocycles. The van der Waals surface area contributed by atoms with Crippen LogP contribution in [0.1, 0.15) is 43.4 Å². The van der Waals surface area contributed by atoms with Gasteiger partial charge in [0.2, 0.25) is 0 Å². The van der Waals surface area contributed by atoms with Gasteiger partial charge in [0.25, 0.3) is 0 Å². The Hall–Kier alpha value is -2.27. The Balaban J connectivity index is 1.41. The molecule has 2 aromatic rings. The van der Waals surface area contributed by atoms with Gasteiger partial charge in [-0.2, -0.15) is 0 Å². The monoisotopic (exact) mass is 395 g/mol. The number of guanidine groups is 1. The van der Waals surface area contributed by atoms with Crippen LogP contribution in [0.5, 0.6) is 0 Å². The molecule has 1 aliphatic carbocycles. The van der Waals surface area contributed by atoms with E-state index in [0.29, 0.717) is 5.92 Å². The van der Waals surface area contributed by atoms with Crippen LogP contribution in [0, 0.1) is 5.92 Å². The lowest BCUT2D eigenvalue weighted by Crippen LogP contribution is -2.42. The Labute approximate surface area is 173 Å². The number of nitrogens with one attached hydrogen (secondary N) is 2. The highest BCUT2D eigenvalue weighted by atomic mass is 16.5. The van der Waals surface area contributed by atoms with Gasteiger partial charge in [-0.1, -0.05) is 43.2 Å². The summed E-state index contributed by atoms with van der Waals surface area (Å²) in [5.41, 5.74) is 1.60. The Morgan fingerprint density at radius 3 is 2.66 bits per heavy atom. The maximum Gasteiger partial charge on any atom is 0.191 e. The van der Waals surface area contributed by atoms with E-state index in [1.165, 1.54) is 31.2 Å². The highest BCUT2D eigenvalue weighted by molar-refractivity contribution is 5.79. The van der Waals surface area contributed by atoms with E-state index >= 15 is 0 Å². The molecule has 29 heavy (non-hydrogen) atoms. The lowest BCUT2D eigenvalue weighted by molar-refractivity contribution is 0.186. The van der Waals surface area contributed by atoms with Crippen molar-refractivity contribution in [1.29, 1.82) is 0 Å². The Morgan fingerprint density at radius 1 is 1.07 bits per heavy atom. The van der Waals surface area contributed by atoms with Gasteiger partial charge in [-0.05, 0) is 37.0 Å². The summed E-state index contributed by atoms with van der Waals surface area (Å²) >= 11 is 0. The van der Waals surface area contributed by atoms with Crippen LogP contribution < -0.4 is 10.6 Å². The molecule has 0 amide bonds. The second-order valence-electron chi connectivity index (χ2n) is 8.38. The zero-order chi connectivity index (χ0) is 19.8. The standard InChI is InChI=1S/C24H33N3O2/c1-2-7-21(8-3-1)24(12-4-5-13-24)19-27-23(26-17-20-11-16-28-18-20)25-14-10-22-9-6-15-29-22/h1-3,6-9,15,20H,4-5,10-14,16-19H2,(H2,25,26,27). The molecule has 1 saturated heterocycles. The quantitative estimate of drug-likeness (QED) is 0.526. The van der Waals surface area contributed by atoms with Crippen LogP contribution in [0.3, 0.4) is 0 Å². The second kappa shape index (κ2) is 9.97. The number of hydrogen-bond donors (Lipinski definition) is 2. The summed E-state index contributed by atoms with van der Waals surface area (Å²) in [4.78, 5) is 5.06. The van der Waals surface area contributed by atoms with Gasteiger partial charge in [0.15, 0.2) is 5.96 Å². The molecule has 4 rings (SSSR count). The van der Waals surface area contributed by atoms with E-state index in [4.69, 9.17) is 14.1 Å². The van der Waals surface area contributed by atoms with Gasteiger partial charge < -0.3 is 19.8 Å². The summed E-state index contributed by atoms with van der Waals surface area (Å²) in [5, 5.41) is 7.08. The largest absolute Gasteiger partial charge is 0.469 e. The normalized spacial score (nSPS) is 21.4. The minimum atomic E-state index is 0.174. The minimum Gasteiger partial charge on any atom is -0.469 e. The molecule has 0 spiro atoms. The molecule has 2 N–H and O–H groups in total. The van der Waals surface area contributed by atoms with Crippen LogP contribution in [-0.4, -0.2) is 38.8 Å². The van der Waals surface area contributed by atoms with Crippen LogP contribution in [0.15, 0.2) is 58.1 Å². The van der Waals surface area contributed by atoms with Gasteiger partial charge in [-0.3, -0.25) is 4.99 Å². The third-order valence-electron chi connectivity index (χ3n) is 6.31. The van der Waals surface area contributed by atoms with E-state index in [1.807, 2.05) is 12.1 Å². The molecule has 1 saturated carbocycles. The number of nitrogens with zero attached hydrogens (tertiary/aromatic N) is 1. The first-order valence-electron chi connectivity index (χ1n) is 11.0.